The Kier molecular flexibility index (Phi) is 3.43. The largest absolute Gasteiger partial charge is 0.454 e. The Balaban J connectivity index is 2.14. The van der Waals surface area contributed by atoms with Gasteiger partial charge in [-0.25, -0.2) is 0 Å². The summed E-state index contributed by atoms with van der Waals surface area (Å²) in [5, 5.41) is 2.74. The lowest BCUT2D eigenvalue weighted by Crippen LogP contribution is -2.41. The fourth-order valence-corrected chi connectivity index (χ4v) is 1.66. The molecular formula is C11H11B2NO3. The maximum absolute atomic E-state index is 12.0. The maximum atomic E-state index is 12.0. The molecule has 6 heteroatoms. The van der Waals surface area contributed by atoms with Gasteiger partial charge in [-0.2, -0.15) is 0 Å². The topological polar surface area (TPSA) is 47.6 Å². The van der Waals surface area contributed by atoms with Gasteiger partial charge in [-0.15, -0.1) is 0 Å². The molecule has 1 heterocycles. The third-order valence-electron chi connectivity index (χ3n) is 2.49. The van der Waals surface area contributed by atoms with Crippen LogP contribution in [-0.4, -0.2) is 40.2 Å². The first-order valence-corrected chi connectivity index (χ1v) is 5.29. The van der Waals surface area contributed by atoms with E-state index in [2.05, 4.69) is 5.32 Å². The lowest BCUT2D eigenvalue weighted by Gasteiger charge is -2.16. The minimum atomic E-state index is -0.719. The summed E-state index contributed by atoms with van der Waals surface area (Å²) in [6.07, 6.45) is 0. The second-order valence-electron chi connectivity index (χ2n) is 3.85. The highest BCUT2D eigenvalue weighted by molar-refractivity contribution is 6.35. The van der Waals surface area contributed by atoms with Crippen molar-refractivity contribution >= 4 is 21.5 Å². The molecule has 4 radical (unpaired) electrons. The van der Waals surface area contributed by atoms with Gasteiger partial charge in [0.2, 0.25) is 6.79 Å². The van der Waals surface area contributed by atoms with Gasteiger partial charge in [0, 0.05) is 5.56 Å². The molecule has 1 aromatic carbocycles. The van der Waals surface area contributed by atoms with Crippen molar-refractivity contribution in [3.05, 3.63) is 23.8 Å². The van der Waals surface area contributed by atoms with Crippen LogP contribution in [0.4, 0.5) is 0 Å². The smallest absolute Gasteiger partial charge is 0.231 e. The highest BCUT2D eigenvalue weighted by Gasteiger charge is 2.19. The van der Waals surface area contributed by atoms with Crippen LogP contribution in [0.3, 0.4) is 0 Å². The standard InChI is InChI=1S/C11H11B2NO3/c1-6(14-11(12)13)10(15)7-2-3-8-9(4-7)17-5-16-8/h2-4,6,11,14H,5H2,1H3/t6-/m1/s1. The SMILES string of the molecule is [B]C([B])N[C@H](C)C(=O)c1ccc2c(c1)OCO2. The number of benzene rings is 1. The van der Waals surface area contributed by atoms with E-state index in [4.69, 9.17) is 25.2 Å². The molecule has 2 rings (SSSR count). The molecule has 1 atom stereocenters. The fraction of sp³-hybridized carbons (Fsp3) is 0.364. The zero-order valence-corrected chi connectivity index (χ0v) is 9.47. The number of ketones is 1. The van der Waals surface area contributed by atoms with Gasteiger partial charge in [0.25, 0.3) is 0 Å². The van der Waals surface area contributed by atoms with Crippen molar-refractivity contribution in [1.29, 1.82) is 0 Å². The van der Waals surface area contributed by atoms with Gasteiger partial charge in [0.1, 0.15) is 0 Å². The van der Waals surface area contributed by atoms with Crippen molar-refractivity contribution in [3.8, 4) is 11.5 Å². The van der Waals surface area contributed by atoms with E-state index in [9.17, 15) is 4.79 Å². The Hall–Kier alpha value is -1.42. The Labute approximate surface area is 102 Å². The van der Waals surface area contributed by atoms with Crippen LogP contribution in [0.25, 0.3) is 0 Å². The lowest BCUT2D eigenvalue weighted by atomic mass is 9.78. The summed E-state index contributed by atoms with van der Waals surface area (Å²) >= 11 is 0. The van der Waals surface area contributed by atoms with Crippen LogP contribution >= 0.6 is 0 Å². The van der Waals surface area contributed by atoms with E-state index < -0.39 is 11.9 Å². The summed E-state index contributed by atoms with van der Waals surface area (Å²) in [5.74, 6) is 0.421. The Morgan fingerprint density at radius 2 is 2.06 bits per heavy atom. The molecule has 0 saturated heterocycles. The van der Waals surface area contributed by atoms with E-state index in [0.29, 0.717) is 17.1 Å². The van der Waals surface area contributed by atoms with Crippen molar-refractivity contribution in [2.75, 3.05) is 6.79 Å². The minimum Gasteiger partial charge on any atom is -0.454 e. The minimum absolute atomic E-state index is 0.0933. The van der Waals surface area contributed by atoms with E-state index in [-0.39, 0.29) is 12.6 Å². The molecule has 1 aromatic rings. The summed E-state index contributed by atoms with van der Waals surface area (Å²) in [7, 11) is 10.7. The fourth-order valence-electron chi connectivity index (χ4n) is 1.66. The maximum Gasteiger partial charge on any atom is 0.231 e. The number of hydrogen-bond acceptors (Lipinski definition) is 4. The summed E-state index contributed by atoms with van der Waals surface area (Å²) in [4.78, 5) is 12.0. The second kappa shape index (κ2) is 4.84. The number of carbonyl (C=O) groups is 1. The summed E-state index contributed by atoms with van der Waals surface area (Å²) < 4.78 is 10.4. The van der Waals surface area contributed by atoms with E-state index in [0.717, 1.165) is 0 Å². The van der Waals surface area contributed by atoms with Crippen molar-refractivity contribution in [2.45, 2.75) is 18.8 Å². The Morgan fingerprint density at radius 1 is 1.35 bits per heavy atom. The van der Waals surface area contributed by atoms with E-state index in [1.807, 2.05) is 0 Å². The quantitative estimate of drug-likeness (QED) is 0.589. The molecule has 0 aromatic heterocycles. The molecule has 0 unspecified atom stereocenters. The predicted molar refractivity (Wildman–Crippen MR) is 64.8 cm³/mol. The molecule has 1 N–H and O–H groups in total. The average molecular weight is 227 g/mol. The molecule has 0 fully saturated rings. The summed E-state index contributed by atoms with van der Waals surface area (Å²) in [6.45, 7) is 1.90. The molecule has 0 aliphatic carbocycles. The van der Waals surface area contributed by atoms with Gasteiger partial charge in [-0.05, 0) is 25.1 Å². The number of carbonyl (C=O) groups excluding carboxylic acids is 1. The van der Waals surface area contributed by atoms with Gasteiger partial charge in [0.15, 0.2) is 17.3 Å². The summed E-state index contributed by atoms with van der Waals surface area (Å²) in [6, 6.07) is 4.61. The molecule has 1 aliphatic rings. The van der Waals surface area contributed by atoms with Crippen molar-refractivity contribution < 1.29 is 14.3 Å². The molecule has 0 bridgehead atoms. The van der Waals surface area contributed by atoms with E-state index in [1.54, 1.807) is 25.1 Å². The van der Waals surface area contributed by atoms with Crippen LogP contribution in [-0.2, 0) is 0 Å². The van der Waals surface area contributed by atoms with Crippen LogP contribution in [0.15, 0.2) is 18.2 Å². The normalized spacial score (nSPS) is 14.9. The number of hydrogen-bond donors (Lipinski definition) is 1. The van der Waals surface area contributed by atoms with Gasteiger partial charge >= 0.3 is 0 Å². The molecule has 0 amide bonds. The average Bonchev–Trinajstić information content (AvgIpc) is 2.73. The summed E-state index contributed by atoms with van der Waals surface area (Å²) in [5.41, 5.74) is 0.537. The van der Waals surface area contributed by atoms with Crippen molar-refractivity contribution in [3.63, 3.8) is 0 Å². The second-order valence-corrected chi connectivity index (χ2v) is 3.85. The number of rotatable bonds is 4. The van der Waals surface area contributed by atoms with Crippen LogP contribution in [0, 0.1) is 0 Å². The van der Waals surface area contributed by atoms with E-state index in [1.165, 1.54) is 0 Å². The third kappa shape index (κ3) is 2.64. The number of nitrogens with one attached hydrogen (secondary N) is 1. The Morgan fingerprint density at radius 3 is 2.76 bits per heavy atom. The molecule has 0 saturated carbocycles. The van der Waals surface area contributed by atoms with Crippen LogP contribution in [0.2, 0.25) is 0 Å². The zero-order valence-electron chi connectivity index (χ0n) is 9.47. The number of ether oxygens (including phenoxy) is 2. The third-order valence-corrected chi connectivity index (χ3v) is 2.49. The monoisotopic (exact) mass is 227 g/mol. The molecule has 4 nitrogen and oxygen atoms in total. The molecule has 84 valence electrons. The lowest BCUT2D eigenvalue weighted by molar-refractivity contribution is 0.0952. The predicted octanol–water partition coefficient (Wildman–Crippen LogP) is 0.197. The first kappa shape index (κ1) is 12.0. The van der Waals surface area contributed by atoms with Gasteiger partial charge < -0.3 is 14.8 Å². The van der Waals surface area contributed by atoms with Gasteiger partial charge in [-0.3, -0.25) is 4.79 Å². The molecular weight excluding hydrogens is 216 g/mol. The van der Waals surface area contributed by atoms with Gasteiger partial charge in [-0.1, -0.05) is 5.84 Å². The van der Waals surface area contributed by atoms with Gasteiger partial charge in [0.05, 0.1) is 21.7 Å². The van der Waals surface area contributed by atoms with Crippen LogP contribution in [0.5, 0.6) is 11.5 Å². The van der Waals surface area contributed by atoms with Crippen LogP contribution in [0.1, 0.15) is 17.3 Å². The zero-order chi connectivity index (χ0) is 12.4. The molecule has 17 heavy (non-hydrogen) atoms. The highest BCUT2D eigenvalue weighted by Crippen LogP contribution is 2.32. The van der Waals surface area contributed by atoms with Crippen LogP contribution < -0.4 is 14.8 Å². The first-order valence-electron chi connectivity index (χ1n) is 5.29. The molecule has 1 aliphatic heterocycles. The Bertz CT molecular complexity index is 437. The molecule has 0 spiro atoms. The number of Topliss-reactive ketones (excluding diaryl/α,β-unsaturated/α-hetero) is 1. The number of fused-ring (bicyclic) bond motifs is 1. The van der Waals surface area contributed by atoms with Crippen molar-refractivity contribution in [1.82, 2.24) is 5.32 Å². The van der Waals surface area contributed by atoms with Crippen molar-refractivity contribution in [2.24, 2.45) is 0 Å². The van der Waals surface area contributed by atoms with E-state index >= 15 is 0 Å². The first-order chi connectivity index (χ1) is 8.08. The highest BCUT2D eigenvalue weighted by atomic mass is 16.7.